The second-order valence-electron chi connectivity index (χ2n) is 3.99. The lowest BCUT2D eigenvalue weighted by Crippen LogP contribution is -2.33. The minimum Gasteiger partial charge on any atom is -0.501 e. The van der Waals surface area contributed by atoms with Crippen LogP contribution >= 0.6 is 0 Å². The number of aliphatic carboxylic acids is 1. The van der Waals surface area contributed by atoms with E-state index in [1.54, 1.807) is 6.92 Å². The maximum Gasteiger partial charge on any atom is 0.303 e. The molecule has 0 radical (unpaired) electrons. The molecule has 3 unspecified atom stereocenters. The van der Waals surface area contributed by atoms with Crippen LogP contribution in [0.2, 0.25) is 0 Å². The van der Waals surface area contributed by atoms with Crippen LogP contribution in [0.4, 0.5) is 0 Å². The fourth-order valence-corrected chi connectivity index (χ4v) is 2.06. The molecule has 0 aliphatic heterocycles. The summed E-state index contributed by atoms with van der Waals surface area (Å²) in [7, 11) is 1.50. The molecular formula is C11H16O4. The molecule has 0 amide bonds. The number of carbonyl (C=O) groups excluding carboxylic acids is 1. The third-order valence-corrected chi connectivity index (χ3v) is 3.11. The molecule has 0 aromatic rings. The summed E-state index contributed by atoms with van der Waals surface area (Å²) in [5.74, 6) is -0.756. The van der Waals surface area contributed by atoms with Crippen LogP contribution in [0.1, 0.15) is 20.3 Å². The van der Waals surface area contributed by atoms with Gasteiger partial charge in [-0.15, -0.1) is 0 Å². The third-order valence-electron chi connectivity index (χ3n) is 3.11. The zero-order chi connectivity index (χ0) is 11.6. The molecule has 0 aromatic heterocycles. The summed E-state index contributed by atoms with van der Waals surface area (Å²) in [6.07, 6.45) is 1.49. The molecule has 15 heavy (non-hydrogen) atoms. The predicted octanol–water partition coefficient (Wildman–Crippen LogP) is 1.46. The Kier molecular flexibility index (Phi) is 3.50. The molecule has 0 heterocycles. The van der Waals surface area contributed by atoms with E-state index in [2.05, 4.69) is 0 Å². The van der Waals surface area contributed by atoms with Crippen molar-refractivity contribution in [3.05, 3.63) is 11.8 Å². The van der Waals surface area contributed by atoms with Gasteiger partial charge in [-0.3, -0.25) is 9.59 Å². The van der Waals surface area contributed by atoms with Crippen molar-refractivity contribution in [2.45, 2.75) is 20.3 Å². The van der Waals surface area contributed by atoms with E-state index < -0.39 is 5.97 Å². The van der Waals surface area contributed by atoms with Gasteiger partial charge in [0.15, 0.2) is 5.78 Å². The van der Waals surface area contributed by atoms with Gasteiger partial charge in [-0.1, -0.05) is 13.8 Å². The van der Waals surface area contributed by atoms with Crippen LogP contribution in [0.3, 0.4) is 0 Å². The molecule has 4 heteroatoms. The van der Waals surface area contributed by atoms with Crippen molar-refractivity contribution in [2.24, 2.45) is 17.8 Å². The molecule has 0 fully saturated rings. The van der Waals surface area contributed by atoms with Crippen molar-refractivity contribution in [3.8, 4) is 0 Å². The van der Waals surface area contributed by atoms with Crippen LogP contribution < -0.4 is 0 Å². The van der Waals surface area contributed by atoms with E-state index in [9.17, 15) is 9.59 Å². The van der Waals surface area contributed by atoms with Gasteiger partial charge < -0.3 is 9.84 Å². The second-order valence-corrected chi connectivity index (χ2v) is 3.99. The normalized spacial score (nSPS) is 31.0. The van der Waals surface area contributed by atoms with Gasteiger partial charge >= 0.3 is 5.97 Å². The number of carboxylic acid groups (broad SMARTS) is 1. The topological polar surface area (TPSA) is 63.6 Å². The Bertz CT molecular complexity index is 306. The third kappa shape index (κ3) is 2.37. The van der Waals surface area contributed by atoms with Crippen molar-refractivity contribution in [3.63, 3.8) is 0 Å². The van der Waals surface area contributed by atoms with Crippen molar-refractivity contribution in [1.82, 2.24) is 0 Å². The van der Waals surface area contributed by atoms with Crippen molar-refractivity contribution in [2.75, 3.05) is 7.11 Å². The molecule has 0 spiro atoms. The molecule has 1 N–H and O–H groups in total. The summed E-state index contributed by atoms with van der Waals surface area (Å²) >= 11 is 0. The molecule has 0 aromatic carbocycles. The van der Waals surface area contributed by atoms with Gasteiger partial charge in [-0.05, 0) is 5.92 Å². The van der Waals surface area contributed by atoms with Gasteiger partial charge in [0.2, 0.25) is 0 Å². The van der Waals surface area contributed by atoms with Gasteiger partial charge in [0.05, 0.1) is 7.11 Å². The monoisotopic (exact) mass is 212 g/mol. The molecule has 0 saturated carbocycles. The average molecular weight is 212 g/mol. The smallest absolute Gasteiger partial charge is 0.303 e. The van der Waals surface area contributed by atoms with Crippen LogP contribution in [0.5, 0.6) is 0 Å². The second kappa shape index (κ2) is 4.47. The molecule has 1 aliphatic rings. The van der Waals surface area contributed by atoms with E-state index in [1.807, 2.05) is 6.92 Å². The maximum atomic E-state index is 11.6. The van der Waals surface area contributed by atoms with Gasteiger partial charge in [-0.25, -0.2) is 0 Å². The Morgan fingerprint density at radius 2 is 2.07 bits per heavy atom. The van der Waals surface area contributed by atoms with Crippen LogP contribution in [-0.4, -0.2) is 24.0 Å². The maximum absolute atomic E-state index is 11.6. The van der Waals surface area contributed by atoms with Crippen molar-refractivity contribution < 1.29 is 19.4 Å². The number of hydrogen-bond donors (Lipinski definition) is 1. The summed E-state index contributed by atoms with van der Waals surface area (Å²) in [4.78, 5) is 22.2. The standard InChI is InChI=1S/C11H16O4/c1-6-8(4-11(13)14)7(2)10(15-3)5-9(6)12/h5-8H,4H2,1-3H3,(H,13,14). The van der Waals surface area contributed by atoms with Crippen LogP contribution in [0.15, 0.2) is 11.8 Å². The van der Waals surface area contributed by atoms with E-state index in [1.165, 1.54) is 13.2 Å². The Balaban J connectivity index is 2.92. The van der Waals surface area contributed by atoms with E-state index in [0.29, 0.717) is 5.76 Å². The van der Waals surface area contributed by atoms with E-state index in [-0.39, 0.29) is 30.0 Å². The number of ether oxygens (including phenoxy) is 1. The van der Waals surface area contributed by atoms with E-state index in [4.69, 9.17) is 9.84 Å². The lowest BCUT2D eigenvalue weighted by molar-refractivity contribution is -0.139. The predicted molar refractivity (Wildman–Crippen MR) is 54.2 cm³/mol. The molecule has 1 rings (SSSR count). The summed E-state index contributed by atoms with van der Waals surface area (Å²) in [5, 5.41) is 8.77. The number of methoxy groups -OCH3 is 1. The molecule has 1 aliphatic carbocycles. The number of ketones is 1. The van der Waals surface area contributed by atoms with Gasteiger partial charge in [0.1, 0.15) is 5.76 Å². The summed E-state index contributed by atoms with van der Waals surface area (Å²) < 4.78 is 5.08. The first-order valence-corrected chi connectivity index (χ1v) is 4.98. The zero-order valence-electron chi connectivity index (χ0n) is 9.19. The highest BCUT2D eigenvalue weighted by Crippen LogP contribution is 2.35. The van der Waals surface area contributed by atoms with Crippen molar-refractivity contribution in [1.29, 1.82) is 0 Å². The first kappa shape index (κ1) is 11.8. The van der Waals surface area contributed by atoms with Gasteiger partial charge in [0.25, 0.3) is 0 Å². The molecule has 0 saturated heterocycles. The number of hydrogen-bond acceptors (Lipinski definition) is 3. The highest BCUT2D eigenvalue weighted by atomic mass is 16.5. The molecule has 0 bridgehead atoms. The van der Waals surface area contributed by atoms with Crippen molar-refractivity contribution >= 4 is 11.8 Å². The molecule has 84 valence electrons. The SMILES string of the molecule is COC1=CC(=O)C(C)C(CC(=O)O)C1C. The summed E-state index contributed by atoms with van der Waals surface area (Å²) in [5.41, 5.74) is 0. The first-order valence-electron chi connectivity index (χ1n) is 4.98. The summed E-state index contributed by atoms with van der Waals surface area (Å²) in [6, 6.07) is 0. The quantitative estimate of drug-likeness (QED) is 0.769. The number of carboxylic acids is 1. The van der Waals surface area contributed by atoms with Gasteiger partial charge in [-0.2, -0.15) is 0 Å². The lowest BCUT2D eigenvalue weighted by atomic mass is 9.74. The Hall–Kier alpha value is -1.32. The van der Waals surface area contributed by atoms with Crippen LogP contribution in [0.25, 0.3) is 0 Å². The first-order chi connectivity index (χ1) is 6.97. The minimum absolute atomic E-state index is 0.00870. The molecular weight excluding hydrogens is 196 g/mol. The summed E-state index contributed by atoms with van der Waals surface area (Å²) in [6.45, 7) is 3.67. The van der Waals surface area contributed by atoms with Crippen LogP contribution in [0, 0.1) is 17.8 Å². The molecule has 3 atom stereocenters. The lowest BCUT2D eigenvalue weighted by Gasteiger charge is -2.31. The fourth-order valence-electron chi connectivity index (χ4n) is 2.06. The van der Waals surface area contributed by atoms with Crippen LogP contribution in [-0.2, 0) is 14.3 Å². The van der Waals surface area contributed by atoms with E-state index >= 15 is 0 Å². The Labute approximate surface area is 88.9 Å². The number of carbonyl (C=O) groups is 2. The van der Waals surface area contributed by atoms with Gasteiger partial charge in [0, 0.05) is 24.3 Å². The Morgan fingerprint density at radius 3 is 2.53 bits per heavy atom. The largest absolute Gasteiger partial charge is 0.501 e. The number of allylic oxidation sites excluding steroid dienone is 2. The highest BCUT2D eigenvalue weighted by molar-refractivity contribution is 5.93. The zero-order valence-corrected chi connectivity index (χ0v) is 9.19. The highest BCUT2D eigenvalue weighted by Gasteiger charge is 2.36. The Morgan fingerprint density at radius 1 is 1.47 bits per heavy atom. The average Bonchev–Trinajstić information content (AvgIpc) is 2.18. The minimum atomic E-state index is -0.871. The number of rotatable bonds is 3. The molecule has 4 nitrogen and oxygen atoms in total. The van der Waals surface area contributed by atoms with E-state index in [0.717, 1.165) is 0 Å². The fraction of sp³-hybridized carbons (Fsp3) is 0.636.